The molecule has 0 radical (unpaired) electrons. The molecule has 1 N–H and O–H groups in total. The summed E-state index contributed by atoms with van der Waals surface area (Å²) in [6.45, 7) is 2.35. The second-order valence-electron chi connectivity index (χ2n) is 7.46. The number of ether oxygens (including phenoxy) is 2. The molecule has 4 heterocycles. The Morgan fingerprint density at radius 2 is 2.00 bits per heavy atom. The first-order valence-corrected chi connectivity index (χ1v) is 13.1. The van der Waals surface area contributed by atoms with E-state index < -0.39 is 21.0 Å². The number of hydrogen-bond acceptors (Lipinski definition) is 5. The van der Waals surface area contributed by atoms with Crippen LogP contribution in [0.15, 0.2) is 24.0 Å². The van der Waals surface area contributed by atoms with E-state index >= 15 is 0 Å². The number of nitrogens with zero attached hydrogens (tertiary/aromatic N) is 3. The van der Waals surface area contributed by atoms with Crippen molar-refractivity contribution in [2.75, 3.05) is 19.8 Å². The minimum absolute atomic E-state index is 0.0338. The zero-order valence-electron chi connectivity index (χ0n) is 15.5. The van der Waals surface area contributed by atoms with Gasteiger partial charge in [0.05, 0.1) is 17.4 Å². The van der Waals surface area contributed by atoms with Gasteiger partial charge in [0.1, 0.15) is 0 Å². The second-order valence-corrected chi connectivity index (χ2v) is 10.6. The minimum atomic E-state index is -0.627. The van der Waals surface area contributed by atoms with Crippen LogP contribution >= 0.6 is 43.6 Å². The minimum Gasteiger partial charge on any atom is -0.381 e. The fourth-order valence-electron chi connectivity index (χ4n) is 4.21. The summed E-state index contributed by atoms with van der Waals surface area (Å²) < 4.78 is 18.4. The molecule has 2 fully saturated rings. The molecule has 0 bridgehead atoms. The Morgan fingerprint density at radius 1 is 1.14 bits per heavy atom. The molecular weight excluding hydrogens is 584 g/mol. The molecule has 1 aromatic heterocycles. The Kier molecular flexibility index (Phi) is 5.74. The molecule has 3 aliphatic rings. The third-order valence-corrected chi connectivity index (χ3v) is 8.85. The smallest absolute Gasteiger partial charge is 0.150 e. The summed E-state index contributed by atoms with van der Waals surface area (Å²) in [6, 6.07) is 4.46. The molecule has 28 heavy (non-hydrogen) atoms. The fourth-order valence-corrected chi connectivity index (χ4v) is 7.82. The third kappa shape index (κ3) is 3.55. The molecule has 2 aromatic rings. The molecule has 1 unspecified atom stereocenters. The van der Waals surface area contributed by atoms with Crippen LogP contribution in [0.3, 0.4) is 0 Å². The quantitative estimate of drug-likeness (QED) is 0.385. The number of rotatable bonds is 2. The van der Waals surface area contributed by atoms with Gasteiger partial charge < -0.3 is 9.47 Å². The van der Waals surface area contributed by atoms with Crippen LogP contribution in [0, 0.1) is 5.92 Å². The van der Waals surface area contributed by atoms with E-state index in [4.69, 9.17) is 9.47 Å². The van der Waals surface area contributed by atoms with Crippen molar-refractivity contribution >= 4 is 62.1 Å². The summed E-state index contributed by atoms with van der Waals surface area (Å²) in [5.41, 5.74) is 4.60. The molecule has 0 spiro atoms. The highest BCUT2D eigenvalue weighted by atomic mass is 127. The number of hydrogen-bond donors (Lipinski definition) is 1. The highest BCUT2D eigenvalue weighted by molar-refractivity contribution is 14.2. The summed E-state index contributed by atoms with van der Waals surface area (Å²) in [5, 5.41) is 16.6. The molecular formula is C20H23I2N3O3. The van der Waals surface area contributed by atoms with E-state index in [0.717, 1.165) is 65.7 Å². The van der Waals surface area contributed by atoms with Crippen molar-refractivity contribution in [3.05, 3.63) is 35.2 Å². The van der Waals surface area contributed by atoms with Crippen molar-refractivity contribution in [2.45, 2.75) is 38.3 Å². The molecule has 6 nitrogen and oxygen atoms in total. The molecule has 0 saturated carbocycles. The fraction of sp³-hybridized carbons (Fsp3) is 0.500. The van der Waals surface area contributed by atoms with E-state index in [-0.39, 0.29) is 6.23 Å². The average Bonchev–Trinajstić information content (AvgIpc) is 3.10. The van der Waals surface area contributed by atoms with Crippen molar-refractivity contribution in [2.24, 2.45) is 5.92 Å². The van der Waals surface area contributed by atoms with Gasteiger partial charge in [0.25, 0.3) is 0 Å². The molecule has 150 valence electrons. The Balaban J connectivity index is 1.60. The lowest BCUT2D eigenvalue weighted by Crippen LogP contribution is -2.23. The molecule has 3 aliphatic heterocycles. The molecule has 2 saturated heterocycles. The van der Waals surface area contributed by atoms with Gasteiger partial charge in [0.2, 0.25) is 0 Å². The van der Waals surface area contributed by atoms with Gasteiger partial charge in [0.15, 0.2) is 6.23 Å². The summed E-state index contributed by atoms with van der Waals surface area (Å²) in [5.74, 6) is 0.360. The van der Waals surface area contributed by atoms with E-state index in [0.29, 0.717) is 5.92 Å². The molecule has 1 atom stereocenters. The van der Waals surface area contributed by atoms with Crippen LogP contribution in [0.2, 0.25) is 0 Å². The van der Waals surface area contributed by atoms with Gasteiger partial charge in [-0.25, -0.2) is 7.96 Å². The van der Waals surface area contributed by atoms with Crippen LogP contribution in [0.1, 0.15) is 49.5 Å². The van der Waals surface area contributed by atoms with E-state index in [1.54, 1.807) is 0 Å². The van der Waals surface area contributed by atoms with Gasteiger partial charge in [-0.2, -0.15) is 5.10 Å². The summed E-state index contributed by atoms with van der Waals surface area (Å²) in [4.78, 5) is 0. The number of aromatic nitrogens is 2. The standard InChI is InChI=1S/C20H23I2N3O3/c21-19-16-9-15-12-23-24(18-3-1-2-6-28-18)17(15)10-14(16)11-22-25(26)20(19)13-4-7-27-8-5-13/h9-13,18,26H,1-8H2. The molecule has 0 aliphatic carbocycles. The summed E-state index contributed by atoms with van der Waals surface area (Å²) >= 11 is 1.79. The lowest BCUT2D eigenvalue weighted by atomic mass is 9.94. The zero-order valence-corrected chi connectivity index (χ0v) is 19.8. The first-order chi connectivity index (χ1) is 13.7. The van der Waals surface area contributed by atoms with Crippen LogP contribution in [-0.2, 0) is 9.47 Å². The van der Waals surface area contributed by atoms with Crippen LogP contribution in [0.5, 0.6) is 0 Å². The van der Waals surface area contributed by atoms with E-state index in [2.05, 4.69) is 43.8 Å². The number of benzene rings is 1. The van der Waals surface area contributed by atoms with Crippen molar-refractivity contribution in [1.82, 2.24) is 13.1 Å². The maximum Gasteiger partial charge on any atom is 0.150 e. The summed E-state index contributed by atoms with van der Waals surface area (Å²) in [7, 11) is 0. The maximum absolute atomic E-state index is 10.8. The lowest BCUT2D eigenvalue weighted by Gasteiger charge is -2.28. The third-order valence-electron chi connectivity index (χ3n) is 5.72. The predicted molar refractivity (Wildman–Crippen MR) is 126 cm³/mol. The predicted octanol–water partition coefficient (Wildman–Crippen LogP) is 5.01. The Hall–Kier alpha value is -0.560. The second kappa shape index (κ2) is 8.29. The van der Waals surface area contributed by atoms with Gasteiger partial charge in [-0.15, -0.1) is 0 Å². The largest absolute Gasteiger partial charge is 0.381 e. The van der Waals surface area contributed by atoms with E-state index in [9.17, 15) is 5.21 Å². The Bertz CT molecular complexity index is 944. The molecule has 5 rings (SSSR count). The highest BCUT2D eigenvalue weighted by Gasteiger charge is 2.28. The Morgan fingerprint density at radius 3 is 2.79 bits per heavy atom. The van der Waals surface area contributed by atoms with Crippen LogP contribution in [0.4, 0.5) is 0 Å². The monoisotopic (exact) mass is 607 g/mol. The van der Waals surface area contributed by atoms with Crippen LogP contribution in [-0.4, -0.2) is 42.1 Å². The number of allylic oxidation sites excluding steroid dienone is 1. The van der Waals surface area contributed by atoms with Crippen LogP contribution in [0.25, 0.3) is 14.5 Å². The topological polar surface area (TPSA) is 59.8 Å². The van der Waals surface area contributed by atoms with Crippen LogP contribution < -0.4 is 0 Å². The van der Waals surface area contributed by atoms with Gasteiger partial charge in [0, 0.05) is 55.7 Å². The van der Waals surface area contributed by atoms with E-state index in [1.807, 2.05) is 10.9 Å². The first kappa shape index (κ1) is 19.4. The molecule has 0 amide bonds. The maximum atomic E-state index is 10.8. The van der Waals surface area contributed by atoms with Gasteiger partial charge in [-0.3, -0.25) is 5.21 Å². The normalized spacial score (nSPS) is 24.2. The average molecular weight is 607 g/mol. The number of fused-ring (bicyclic) bond motifs is 2. The number of hydroxylamine groups is 1. The SMILES string of the molecule is ON1I=Cc2cc3c(cnn3C3CCCCO3)cc2C(I)=C1C1CCOCC1. The lowest BCUT2D eigenvalue weighted by molar-refractivity contribution is -0.0366. The van der Waals surface area contributed by atoms with Crippen molar-refractivity contribution in [3.8, 4) is 0 Å². The van der Waals surface area contributed by atoms with E-state index in [1.165, 1.54) is 20.8 Å². The van der Waals surface area contributed by atoms with Crippen molar-refractivity contribution in [1.29, 1.82) is 0 Å². The summed E-state index contributed by atoms with van der Waals surface area (Å²) in [6.07, 6.45) is 7.25. The highest BCUT2D eigenvalue weighted by Crippen LogP contribution is 2.42. The van der Waals surface area contributed by atoms with Crippen molar-refractivity contribution < 1.29 is 14.7 Å². The van der Waals surface area contributed by atoms with Crippen molar-refractivity contribution in [3.63, 3.8) is 0 Å². The first-order valence-electron chi connectivity index (χ1n) is 9.79. The Labute approximate surface area is 188 Å². The zero-order chi connectivity index (χ0) is 19.1. The van der Waals surface area contributed by atoms with Gasteiger partial charge >= 0.3 is 0 Å². The molecule has 8 heteroatoms. The van der Waals surface area contributed by atoms with Gasteiger partial charge in [-0.05, 0) is 82.0 Å². The van der Waals surface area contributed by atoms with Gasteiger partial charge in [-0.1, -0.05) is 0 Å². The molecule has 1 aromatic carbocycles. The number of halogens is 2.